The molecular weight excluding hydrogens is 442 g/mol. The van der Waals surface area contributed by atoms with Crippen LogP contribution in [0.2, 0.25) is 0 Å². The number of nitro groups is 1. The van der Waals surface area contributed by atoms with Gasteiger partial charge in [-0.15, -0.1) is 0 Å². The van der Waals surface area contributed by atoms with Crippen LogP contribution in [0.3, 0.4) is 0 Å². The zero-order valence-electron chi connectivity index (χ0n) is 17.9. The number of amidine groups is 2. The lowest BCUT2D eigenvalue weighted by molar-refractivity contribution is -0.384. The van der Waals surface area contributed by atoms with E-state index in [1.165, 1.54) is 54.2 Å². The highest BCUT2D eigenvalue weighted by Crippen LogP contribution is 2.36. The predicted molar refractivity (Wildman–Crippen MR) is 127 cm³/mol. The normalized spacial score (nSPS) is 20.2. The number of aliphatic imine (C=N–C) groups is 1. The van der Waals surface area contributed by atoms with Crippen LogP contribution in [0.15, 0.2) is 50.4 Å². The summed E-state index contributed by atoms with van der Waals surface area (Å²) in [5.74, 6) is 0.751. The summed E-state index contributed by atoms with van der Waals surface area (Å²) in [6.07, 6.45) is 7.24. The lowest BCUT2D eigenvalue weighted by Gasteiger charge is -2.20. The lowest BCUT2D eigenvalue weighted by Crippen LogP contribution is -2.35. The van der Waals surface area contributed by atoms with Crippen LogP contribution in [0.4, 0.5) is 5.69 Å². The van der Waals surface area contributed by atoms with Crippen LogP contribution in [-0.2, 0) is 4.79 Å². The quantitative estimate of drug-likeness (QED) is 0.369. The summed E-state index contributed by atoms with van der Waals surface area (Å²) < 4.78 is 5.87. The molecule has 1 N–H and O–H groups in total. The second kappa shape index (κ2) is 8.43. The predicted octanol–water partition coefficient (Wildman–Crippen LogP) is 5.36. The number of non-ortho nitro benzene ring substituents is 1. The maximum Gasteiger partial charge on any atom is 0.283 e. The van der Waals surface area contributed by atoms with Gasteiger partial charge in [-0.05, 0) is 61.4 Å². The van der Waals surface area contributed by atoms with Gasteiger partial charge < -0.3 is 4.42 Å². The number of thioether (sulfide) groups is 1. The van der Waals surface area contributed by atoms with E-state index < -0.39 is 10.8 Å². The minimum Gasteiger partial charge on any atom is -0.457 e. The highest BCUT2D eigenvalue weighted by Gasteiger charge is 2.38. The molecule has 9 nitrogen and oxygen atoms in total. The maximum absolute atomic E-state index is 12.7. The fraction of sp³-hybridized carbons (Fsp3) is 0.304. The zero-order chi connectivity index (χ0) is 23.1. The van der Waals surface area contributed by atoms with Crippen molar-refractivity contribution in [3.8, 4) is 11.3 Å². The molecule has 0 unspecified atom stereocenters. The van der Waals surface area contributed by atoms with E-state index in [9.17, 15) is 14.9 Å². The first-order valence-electron chi connectivity index (χ1n) is 10.8. The van der Waals surface area contributed by atoms with E-state index in [-0.39, 0.29) is 17.1 Å². The standard InChI is InChI=1S/C23H21N5O4S/c1-13-11-15(28(30)31)7-9-17(13)19-10-8-16(32-19)12-18-20(24)27-23(25-21(18)29)33-22(26-27)14-5-3-2-4-6-14/h7-12,14,24H,2-6H2,1H3/b18-12-,24-20?. The van der Waals surface area contributed by atoms with Crippen LogP contribution >= 0.6 is 11.8 Å². The fourth-order valence-corrected chi connectivity index (χ4v) is 5.34. The molecule has 1 aromatic heterocycles. The third kappa shape index (κ3) is 4.02. The van der Waals surface area contributed by atoms with E-state index in [1.54, 1.807) is 25.1 Å². The minimum atomic E-state index is -0.497. The smallest absolute Gasteiger partial charge is 0.283 e. The van der Waals surface area contributed by atoms with Gasteiger partial charge in [0, 0.05) is 23.6 Å². The average Bonchev–Trinajstić information content (AvgIpc) is 3.44. The summed E-state index contributed by atoms with van der Waals surface area (Å²) in [5.41, 5.74) is 1.53. The SMILES string of the molecule is Cc1cc([N+](=O)[O-])ccc1-c1ccc(/C=C2/C(=N)N3N=C(C4CCCCC4)SC3=NC2=O)o1. The van der Waals surface area contributed by atoms with Crippen molar-refractivity contribution in [1.82, 2.24) is 5.01 Å². The van der Waals surface area contributed by atoms with Gasteiger partial charge in [0.25, 0.3) is 11.6 Å². The van der Waals surface area contributed by atoms with E-state index >= 15 is 0 Å². The monoisotopic (exact) mass is 463 g/mol. The van der Waals surface area contributed by atoms with Gasteiger partial charge in [-0.3, -0.25) is 20.3 Å². The molecule has 1 saturated carbocycles. The van der Waals surface area contributed by atoms with Crippen molar-refractivity contribution in [2.45, 2.75) is 39.0 Å². The molecule has 10 heteroatoms. The summed E-state index contributed by atoms with van der Waals surface area (Å²) in [6.45, 7) is 1.77. The summed E-state index contributed by atoms with van der Waals surface area (Å²) in [7, 11) is 0. The van der Waals surface area contributed by atoms with Gasteiger partial charge >= 0.3 is 0 Å². The van der Waals surface area contributed by atoms with Crippen molar-refractivity contribution in [2.75, 3.05) is 0 Å². The number of hydrazone groups is 1. The Hall–Kier alpha value is -3.53. The van der Waals surface area contributed by atoms with Gasteiger partial charge in [-0.1, -0.05) is 19.3 Å². The third-order valence-electron chi connectivity index (χ3n) is 6.02. The van der Waals surface area contributed by atoms with E-state index in [4.69, 9.17) is 9.83 Å². The summed E-state index contributed by atoms with van der Waals surface area (Å²) in [5, 5.41) is 26.9. The van der Waals surface area contributed by atoms with Crippen molar-refractivity contribution in [3.05, 3.63) is 57.3 Å². The molecule has 3 aliphatic rings. The Balaban J connectivity index is 1.40. The molecule has 33 heavy (non-hydrogen) atoms. The number of nitro benzene ring substituents is 1. The Morgan fingerprint density at radius 1 is 1.24 bits per heavy atom. The number of furan rings is 1. The number of benzene rings is 1. The molecular formula is C23H21N5O4S. The minimum absolute atomic E-state index is 0.0108. The number of nitrogens with zero attached hydrogens (tertiary/aromatic N) is 4. The van der Waals surface area contributed by atoms with Crippen molar-refractivity contribution in [2.24, 2.45) is 16.0 Å². The number of rotatable bonds is 4. The van der Waals surface area contributed by atoms with Crippen LogP contribution in [0.1, 0.15) is 43.4 Å². The van der Waals surface area contributed by atoms with Gasteiger partial charge in [-0.25, -0.2) is 0 Å². The Morgan fingerprint density at radius 3 is 2.76 bits per heavy atom. The number of carbonyl (C=O) groups excluding carboxylic acids is 1. The highest BCUT2D eigenvalue weighted by molar-refractivity contribution is 8.27. The van der Waals surface area contributed by atoms with E-state index in [0.29, 0.717) is 33.7 Å². The number of hydrogen-bond acceptors (Lipinski definition) is 7. The summed E-state index contributed by atoms with van der Waals surface area (Å²) in [4.78, 5) is 27.4. The number of amides is 1. The third-order valence-corrected chi connectivity index (χ3v) is 7.10. The van der Waals surface area contributed by atoms with Crippen LogP contribution in [0.25, 0.3) is 17.4 Å². The lowest BCUT2D eigenvalue weighted by atomic mass is 9.90. The van der Waals surface area contributed by atoms with E-state index in [0.717, 1.165) is 17.9 Å². The number of fused-ring (bicyclic) bond motifs is 1. The molecule has 0 spiro atoms. The molecule has 1 aromatic carbocycles. The topological polar surface area (TPSA) is 125 Å². The average molecular weight is 464 g/mol. The van der Waals surface area contributed by atoms with Gasteiger partial charge in [0.05, 0.1) is 10.5 Å². The van der Waals surface area contributed by atoms with Crippen LogP contribution < -0.4 is 0 Å². The Labute approximate surface area is 193 Å². The van der Waals surface area contributed by atoms with Crippen LogP contribution in [0.5, 0.6) is 0 Å². The molecule has 0 bridgehead atoms. The first-order chi connectivity index (χ1) is 15.9. The summed E-state index contributed by atoms with van der Waals surface area (Å²) in [6, 6.07) is 7.97. The molecule has 0 saturated heterocycles. The maximum atomic E-state index is 12.7. The fourth-order valence-electron chi connectivity index (χ4n) is 4.28. The second-order valence-corrected chi connectivity index (χ2v) is 9.24. The van der Waals surface area contributed by atoms with Crippen LogP contribution in [0, 0.1) is 28.4 Å². The number of hydrogen-bond donors (Lipinski definition) is 1. The van der Waals surface area contributed by atoms with Crippen LogP contribution in [-0.4, -0.2) is 31.9 Å². The van der Waals surface area contributed by atoms with Crippen molar-refractivity contribution < 1.29 is 14.1 Å². The Bertz CT molecular complexity index is 1270. The molecule has 0 atom stereocenters. The molecule has 1 amide bonds. The van der Waals surface area contributed by atoms with Crippen molar-refractivity contribution in [3.63, 3.8) is 0 Å². The number of aryl methyl sites for hydroxylation is 1. The van der Waals surface area contributed by atoms with Crippen molar-refractivity contribution >= 4 is 45.5 Å². The Kier molecular flexibility index (Phi) is 5.45. The first kappa shape index (κ1) is 21.3. The first-order valence-corrected chi connectivity index (χ1v) is 11.6. The van der Waals surface area contributed by atoms with Gasteiger partial charge in [-0.2, -0.15) is 15.1 Å². The Morgan fingerprint density at radius 2 is 2.03 bits per heavy atom. The zero-order valence-corrected chi connectivity index (χ0v) is 18.7. The van der Waals surface area contributed by atoms with Gasteiger partial charge in [0.1, 0.15) is 16.6 Å². The molecule has 0 radical (unpaired) electrons. The molecule has 2 aromatic rings. The highest BCUT2D eigenvalue weighted by atomic mass is 32.2. The number of carbonyl (C=O) groups is 1. The largest absolute Gasteiger partial charge is 0.457 e. The van der Waals surface area contributed by atoms with Gasteiger partial charge in [0.2, 0.25) is 5.17 Å². The van der Waals surface area contributed by atoms with E-state index in [1.807, 2.05) is 0 Å². The molecule has 1 aliphatic carbocycles. The molecule has 3 heterocycles. The second-order valence-electron chi connectivity index (χ2n) is 8.25. The van der Waals surface area contributed by atoms with Crippen molar-refractivity contribution in [1.29, 1.82) is 5.41 Å². The molecule has 1 fully saturated rings. The number of nitrogens with one attached hydrogen (secondary N) is 1. The van der Waals surface area contributed by atoms with E-state index in [2.05, 4.69) is 10.1 Å². The summed E-state index contributed by atoms with van der Waals surface area (Å²) >= 11 is 1.39. The molecule has 2 aliphatic heterocycles. The molecule has 168 valence electrons. The molecule has 5 rings (SSSR count). The van der Waals surface area contributed by atoms with Gasteiger partial charge in [0.15, 0.2) is 5.84 Å².